The monoisotopic (exact) mass is 274 g/mol. The summed E-state index contributed by atoms with van der Waals surface area (Å²) in [4.78, 5) is 5.94. The van der Waals surface area contributed by atoms with Crippen LogP contribution in [-0.2, 0) is 0 Å². The highest BCUT2D eigenvalue weighted by atomic mass is 32.1. The molecule has 1 unspecified atom stereocenters. The first-order chi connectivity index (χ1) is 8.97. The van der Waals surface area contributed by atoms with Gasteiger partial charge < -0.3 is 5.32 Å². The van der Waals surface area contributed by atoms with Gasteiger partial charge in [-0.05, 0) is 40.2 Å². The number of hydrogen-bond acceptors (Lipinski definition) is 3. The summed E-state index contributed by atoms with van der Waals surface area (Å²) in [5.74, 6) is 0. The summed E-state index contributed by atoms with van der Waals surface area (Å²) in [5, 5.41) is 4.78. The fraction of sp³-hybridized carbons (Fsp3) is 0.438. The molecule has 0 aliphatic heterocycles. The van der Waals surface area contributed by atoms with Crippen LogP contribution in [0.25, 0.3) is 0 Å². The molecule has 1 aromatic carbocycles. The Kier molecular flexibility index (Phi) is 4.38. The molecule has 2 atom stereocenters. The molecule has 19 heavy (non-hydrogen) atoms. The summed E-state index contributed by atoms with van der Waals surface area (Å²) in [6.45, 7) is 10.7. The Bertz CT molecular complexity index is 560. The highest BCUT2D eigenvalue weighted by Gasteiger charge is 2.16. The third kappa shape index (κ3) is 3.43. The van der Waals surface area contributed by atoms with Crippen molar-refractivity contribution in [1.82, 2.24) is 10.3 Å². The summed E-state index contributed by atoms with van der Waals surface area (Å²) < 4.78 is 0. The fourth-order valence-corrected chi connectivity index (χ4v) is 3.35. The summed E-state index contributed by atoms with van der Waals surface area (Å²) >= 11 is 1.77. The number of thiazole rings is 1. The SMILES string of the molecule is Cc1cccc([C@@H](C)NC(C)c2nc(C)sc2C)c1. The predicted octanol–water partition coefficient (Wildman–Crippen LogP) is 4.48. The number of nitrogens with zero attached hydrogens (tertiary/aromatic N) is 1. The molecule has 0 amide bonds. The maximum atomic E-state index is 4.63. The molecule has 0 aliphatic carbocycles. The van der Waals surface area contributed by atoms with Gasteiger partial charge in [-0.1, -0.05) is 29.8 Å². The molecule has 2 rings (SSSR count). The second-order valence-electron chi connectivity index (χ2n) is 5.20. The summed E-state index contributed by atoms with van der Waals surface area (Å²) in [7, 11) is 0. The lowest BCUT2D eigenvalue weighted by molar-refractivity contribution is 0.486. The Morgan fingerprint density at radius 2 is 1.84 bits per heavy atom. The Morgan fingerprint density at radius 3 is 2.42 bits per heavy atom. The maximum absolute atomic E-state index is 4.63. The second kappa shape index (κ2) is 5.85. The molecule has 0 aliphatic rings. The third-order valence-corrected chi connectivity index (χ3v) is 4.29. The number of aromatic nitrogens is 1. The highest BCUT2D eigenvalue weighted by molar-refractivity contribution is 7.11. The lowest BCUT2D eigenvalue weighted by atomic mass is 10.0. The largest absolute Gasteiger partial charge is 0.302 e. The van der Waals surface area contributed by atoms with Gasteiger partial charge in [0.15, 0.2) is 0 Å². The first kappa shape index (κ1) is 14.2. The topological polar surface area (TPSA) is 24.9 Å². The molecule has 0 saturated carbocycles. The number of aryl methyl sites for hydroxylation is 3. The molecular formula is C16H22N2S. The number of hydrogen-bond donors (Lipinski definition) is 1. The van der Waals surface area contributed by atoms with E-state index in [9.17, 15) is 0 Å². The van der Waals surface area contributed by atoms with Crippen molar-refractivity contribution in [2.24, 2.45) is 0 Å². The average Bonchev–Trinajstić information content (AvgIpc) is 2.68. The van der Waals surface area contributed by atoms with Gasteiger partial charge in [-0.3, -0.25) is 0 Å². The van der Waals surface area contributed by atoms with Crippen molar-refractivity contribution in [3.63, 3.8) is 0 Å². The first-order valence-corrected chi connectivity index (χ1v) is 7.55. The fourth-order valence-electron chi connectivity index (χ4n) is 2.44. The van der Waals surface area contributed by atoms with Crippen LogP contribution in [0, 0.1) is 20.8 Å². The Balaban J connectivity index is 2.10. The van der Waals surface area contributed by atoms with E-state index in [-0.39, 0.29) is 6.04 Å². The number of rotatable bonds is 4. The minimum Gasteiger partial charge on any atom is -0.302 e. The molecule has 1 heterocycles. The maximum Gasteiger partial charge on any atom is 0.0900 e. The smallest absolute Gasteiger partial charge is 0.0900 e. The standard InChI is InChI=1S/C16H22N2S/c1-10-7-6-8-15(9-10)11(2)17-12(3)16-13(4)19-14(5)18-16/h6-9,11-12,17H,1-5H3/t11-,12?/m1/s1. The van der Waals surface area contributed by atoms with Gasteiger partial charge in [0, 0.05) is 17.0 Å². The lowest BCUT2D eigenvalue weighted by Gasteiger charge is -2.20. The zero-order valence-corrected chi connectivity index (χ0v) is 13.1. The number of benzene rings is 1. The Labute approximate surface area is 119 Å². The summed E-state index contributed by atoms with van der Waals surface area (Å²) in [5.41, 5.74) is 3.82. The quantitative estimate of drug-likeness (QED) is 0.889. The summed E-state index contributed by atoms with van der Waals surface area (Å²) in [6.07, 6.45) is 0. The van der Waals surface area contributed by atoms with Crippen LogP contribution < -0.4 is 5.32 Å². The molecule has 0 bridgehead atoms. The highest BCUT2D eigenvalue weighted by Crippen LogP contribution is 2.25. The molecule has 0 fully saturated rings. The molecule has 2 aromatic rings. The van der Waals surface area contributed by atoms with Crippen molar-refractivity contribution in [3.05, 3.63) is 51.0 Å². The van der Waals surface area contributed by atoms with E-state index >= 15 is 0 Å². The van der Waals surface area contributed by atoms with Crippen LogP contribution in [0.1, 0.15) is 52.6 Å². The van der Waals surface area contributed by atoms with Gasteiger partial charge in [-0.15, -0.1) is 11.3 Å². The van der Waals surface area contributed by atoms with Crippen molar-refractivity contribution in [1.29, 1.82) is 0 Å². The van der Waals surface area contributed by atoms with Crippen molar-refractivity contribution in [2.75, 3.05) is 0 Å². The lowest BCUT2D eigenvalue weighted by Crippen LogP contribution is -2.23. The zero-order valence-electron chi connectivity index (χ0n) is 12.3. The molecule has 0 radical (unpaired) electrons. The van der Waals surface area contributed by atoms with Gasteiger partial charge in [0.1, 0.15) is 0 Å². The Morgan fingerprint density at radius 1 is 1.11 bits per heavy atom. The van der Waals surface area contributed by atoms with Crippen LogP contribution in [0.5, 0.6) is 0 Å². The second-order valence-corrected chi connectivity index (χ2v) is 6.61. The summed E-state index contributed by atoms with van der Waals surface area (Å²) in [6, 6.07) is 9.27. The van der Waals surface area contributed by atoms with Gasteiger partial charge in [-0.25, -0.2) is 4.98 Å². The van der Waals surface area contributed by atoms with Crippen molar-refractivity contribution in [3.8, 4) is 0 Å². The van der Waals surface area contributed by atoms with E-state index in [1.165, 1.54) is 21.7 Å². The average molecular weight is 274 g/mol. The molecule has 0 spiro atoms. The zero-order chi connectivity index (χ0) is 14.0. The molecule has 3 heteroatoms. The molecule has 1 aromatic heterocycles. The van der Waals surface area contributed by atoms with Crippen molar-refractivity contribution in [2.45, 2.75) is 46.7 Å². The Hall–Kier alpha value is -1.19. The van der Waals surface area contributed by atoms with Crippen LogP contribution in [0.2, 0.25) is 0 Å². The van der Waals surface area contributed by atoms with E-state index in [4.69, 9.17) is 0 Å². The molecule has 0 saturated heterocycles. The van der Waals surface area contributed by atoms with Crippen LogP contribution in [0.15, 0.2) is 24.3 Å². The third-order valence-electron chi connectivity index (χ3n) is 3.39. The van der Waals surface area contributed by atoms with Crippen LogP contribution in [0.4, 0.5) is 0 Å². The van der Waals surface area contributed by atoms with E-state index in [1.807, 2.05) is 0 Å². The van der Waals surface area contributed by atoms with E-state index in [1.54, 1.807) is 11.3 Å². The minimum absolute atomic E-state index is 0.278. The predicted molar refractivity (Wildman–Crippen MR) is 82.7 cm³/mol. The molecular weight excluding hydrogens is 252 g/mol. The molecule has 1 N–H and O–H groups in total. The van der Waals surface area contributed by atoms with Gasteiger partial charge in [0.25, 0.3) is 0 Å². The van der Waals surface area contributed by atoms with Crippen LogP contribution >= 0.6 is 11.3 Å². The van der Waals surface area contributed by atoms with E-state index in [2.05, 4.69) is 69.2 Å². The number of nitrogens with one attached hydrogen (secondary N) is 1. The van der Waals surface area contributed by atoms with Crippen LogP contribution in [0.3, 0.4) is 0 Å². The normalized spacial score (nSPS) is 14.4. The molecule has 2 nitrogen and oxygen atoms in total. The van der Waals surface area contributed by atoms with Crippen LogP contribution in [-0.4, -0.2) is 4.98 Å². The van der Waals surface area contributed by atoms with Crippen molar-refractivity contribution < 1.29 is 0 Å². The van der Waals surface area contributed by atoms with Gasteiger partial charge in [-0.2, -0.15) is 0 Å². The van der Waals surface area contributed by atoms with Gasteiger partial charge in [0.05, 0.1) is 10.7 Å². The first-order valence-electron chi connectivity index (χ1n) is 6.74. The van der Waals surface area contributed by atoms with E-state index in [0.717, 1.165) is 5.01 Å². The van der Waals surface area contributed by atoms with Crippen molar-refractivity contribution >= 4 is 11.3 Å². The van der Waals surface area contributed by atoms with E-state index in [0.29, 0.717) is 6.04 Å². The molecule has 102 valence electrons. The van der Waals surface area contributed by atoms with E-state index < -0.39 is 0 Å². The minimum atomic E-state index is 0.278. The van der Waals surface area contributed by atoms with Gasteiger partial charge >= 0.3 is 0 Å². The van der Waals surface area contributed by atoms with Gasteiger partial charge in [0.2, 0.25) is 0 Å².